The molecule has 0 aromatic carbocycles. The van der Waals surface area contributed by atoms with Crippen molar-refractivity contribution in [3.8, 4) is 0 Å². The van der Waals surface area contributed by atoms with Gasteiger partial charge in [0, 0.05) is 31.9 Å². The number of fused-ring (bicyclic) bond motifs is 2. The molecule has 150 valence electrons. The molecule has 0 unspecified atom stereocenters. The van der Waals surface area contributed by atoms with Gasteiger partial charge < -0.3 is 9.30 Å². The number of likely N-dealkylation sites (tertiary alicyclic amines) is 1. The lowest BCUT2D eigenvalue weighted by Gasteiger charge is -2.32. The third-order valence-corrected chi connectivity index (χ3v) is 6.51. The molecule has 0 amide bonds. The van der Waals surface area contributed by atoms with Crippen LogP contribution >= 0.6 is 0 Å². The molecule has 7 heteroatoms. The van der Waals surface area contributed by atoms with Gasteiger partial charge in [0.2, 0.25) is 0 Å². The highest BCUT2D eigenvalue weighted by molar-refractivity contribution is 5.20. The number of nitrogens with zero attached hydrogens (tertiary/aromatic N) is 5. The zero-order chi connectivity index (χ0) is 18.9. The summed E-state index contributed by atoms with van der Waals surface area (Å²) in [6, 6.07) is 1.84. The van der Waals surface area contributed by atoms with E-state index in [0.29, 0.717) is 12.5 Å². The predicted molar refractivity (Wildman–Crippen MR) is 105 cm³/mol. The molecule has 5 rings (SSSR count). The topological polar surface area (TPSA) is 65.2 Å². The quantitative estimate of drug-likeness (QED) is 0.805. The van der Waals surface area contributed by atoms with Gasteiger partial charge in [0.15, 0.2) is 0 Å². The Labute approximate surface area is 165 Å². The van der Waals surface area contributed by atoms with E-state index in [2.05, 4.69) is 14.5 Å². The van der Waals surface area contributed by atoms with Crippen molar-refractivity contribution in [1.82, 2.24) is 24.2 Å². The van der Waals surface area contributed by atoms with Crippen molar-refractivity contribution in [3.63, 3.8) is 0 Å². The van der Waals surface area contributed by atoms with E-state index in [1.165, 1.54) is 24.1 Å². The molecule has 0 radical (unpaired) electrons. The first-order chi connectivity index (χ1) is 13.8. The van der Waals surface area contributed by atoms with E-state index < -0.39 is 0 Å². The Morgan fingerprint density at radius 2 is 2.00 bits per heavy atom. The van der Waals surface area contributed by atoms with Gasteiger partial charge in [-0.2, -0.15) is 5.10 Å². The van der Waals surface area contributed by atoms with E-state index in [4.69, 9.17) is 9.84 Å². The Hall–Kier alpha value is -1.99. The van der Waals surface area contributed by atoms with Crippen LogP contribution < -0.4 is 5.56 Å². The van der Waals surface area contributed by atoms with Crippen molar-refractivity contribution >= 4 is 0 Å². The van der Waals surface area contributed by atoms with Crippen LogP contribution in [0.5, 0.6) is 0 Å². The van der Waals surface area contributed by atoms with Crippen LogP contribution in [0.15, 0.2) is 17.1 Å². The van der Waals surface area contributed by atoms with Crippen molar-refractivity contribution in [1.29, 1.82) is 0 Å². The normalized spacial score (nSPS) is 20.7. The molecule has 2 aromatic rings. The van der Waals surface area contributed by atoms with Gasteiger partial charge in [0.1, 0.15) is 12.4 Å². The summed E-state index contributed by atoms with van der Waals surface area (Å²) in [4.78, 5) is 19.5. The van der Waals surface area contributed by atoms with Crippen molar-refractivity contribution < 1.29 is 4.74 Å². The van der Waals surface area contributed by atoms with Crippen molar-refractivity contribution in [2.45, 2.75) is 64.8 Å². The molecule has 7 nitrogen and oxygen atoms in total. The highest BCUT2D eigenvalue weighted by atomic mass is 16.5. The maximum absolute atomic E-state index is 12.4. The molecule has 2 aliphatic heterocycles. The number of aromatic nitrogens is 4. The monoisotopic (exact) mass is 383 g/mol. The molecule has 1 aliphatic carbocycles. The fourth-order valence-electron chi connectivity index (χ4n) is 4.82. The van der Waals surface area contributed by atoms with Crippen LogP contribution in [0.3, 0.4) is 0 Å². The highest BCUT2D eigenvalue weighted by Crippen LogP contribution is 2.22. The van der Waals surface area contributed by atoms with Crippen LogP contribution in [0.2, 0.25) is 0 Å². The number of hydrogen-bond donors (Lipinski definition) is 0. The van der Waals surface area contributed by atoms with E-state index in [1.807, 2.05) is 12.3 Å². The second kappa shape index (κ2) is 7.79. The lowest BCUT2D eigenvalue weighted by molar-refractivity contribution is 0.0788. The molecule has 3 aliphatic rings. The molecule has 0 spiro atoms. The van der Waals surface area contributed by atoms with Gasteiger partial charge in [-0.05, 0) is 63.1 Å². The Balaban J connectivity index is 1.19. The first kappa shape index (κ1) is 18.1. The number of rotatable bonds is 4. The minimum atomic E-state index is 0.0798. The Bertz CT molecular complexity index is 895. The molecule has 2 aromatic heterocycles. The van der Waals surface area contributed by atoms with E-state index in [9.17, 15) is 4.79 Å². The van der Waals surface area contributed by atoms with Crippen molar-refractivity contribution in [2.75, 3.05) is 19.7 Å². The number of ether oxygens (including phenoxy) is 1. The van der Waals surface area contributed by atoms with Crippen LogP contribution in [0.25, 0.3) is 0 Å². The predicted octanol–water partition coefficient (Wildman–Crippen LogP) is 1.76. The van der Waals surface area contributed by atoms with E-state index in [-0.39, 0.29) is 5.56 Å². The van der Waals surface area contributed by atoms with Gasteiger partial charge in [0.25, 0.3) is 5.56 Å². The Morgan fingerprint density at radius 3 is 2.89 bits per heavy atom. The van der Waals surface area contributed by atoms with E-state index >= 15 is 0 Å². The fourth-order valence-corrected chi connectivity index (χ4v) is 4.82. The fraction of sp³-hybridized carbons (Fsp3) is 0.667. The summed E-state index contributed by atoms with van der Waals surface area (Å²) in [7, 11) is 0. The molecule has 0 saturated carbocycles. The zero-order valence-corrected chi connectivity index (χ0v) is 16.5. The summed E-state index contributed by atoms with van der Waals surface area (Å²) >= 11 is 0. The standard InChI is InChI=1S/C21H29N5O2/c27-21-11-17-3-1-2-4-19(17)23-26(21)13-16-5-7-24(8-6-16)14-18-12-22-20-15-28-10-9-25(18)20/h11-12,16H,1-10,13-15H2. The van der Waals surface area contributed by atoms with Gasteiger partial charge in [-0.25, -0.2) is 9.67 Å². The summed E-state index contributed by atoms with van der Waals surface area (Å²) in [5, 5.41) is 4.70. The third-order valence-electron chi connectivity index (χ3n) is 6.51. The maximum Gasteiger partial charge on any atom is 0.267 e. The largest absolute Gasteiger partial charge is 0.372 e. The first-order valence-electron chi connectivity index (χ1n) is 10.7. The highest BCUT2D eigenvalue weighted by Gasteiger charge is 2.23. The van der Waals surface area contributed by atoms with Crippen LogP contribution in [0.4, 0.5) is 0 Å². The average Bonchev–Trinajstić information content (AvgIpc) is 3.13. The van der Waals surface area contributed by atoms with Gasteiger partial charge in [-0.15, -0.1) is 0 Å². The Morgan fingerprint density at radius 1 is 1.14 bits per heavy atom. The lowest BCUT2D eigenvalue weighted by atomic mass is 9.95. The van der Waals surface area contributed by atoms with Crippen LogP contribution in [-0.4, -0.2) is 43.9 Å². The molecule has 0 bridgehead atoms. The number of piperidine rings is 1. The summed E-state index contributed by atoms with van der Waals surface area (Å²) < 4.78 is 9.53. The summed E-state index contributed by atoms with van der Waals surface area (Å²) in [5.74, 6) is 1.59. The summed E-state index contributed by atoms with van der Waals surface area (Å²) in [5.41, 5.74) is 3.70. The number of aryl methyl sites for hydroxylation is 2. The second-order valence-corrected chi connectivity index (χ2v) is 8.43. The minimum Gasteiger partial charge on any atom is -0.372 e. The third kappa shape index (κ3) is 3.65. The SMILES string of the molecule is O=c1cc2c(nn1CC1CCN(Cc3cnc4n3CCOC4)CC1)CCCC2. The molecule has 4 heterocycles. The lowest BCUT2D eigenvalue weighted by Crippen LogP contribution is -2.37. The van der Waals surface area contributed by atoms with Crippen LogP contribution in [0, 0.1) is 5.92 Å². The summed E-state index contributed by atoms with van der Waals surface area (Å²) in [6.45, 7) is 6.18. The molecule has 0 atom stereocenters. The average molecular weight is 383 g/mol. The van der Waals surface area contributed by atoms with Crippen LogP contribution in [-0.2, 0) is 43.8 Å². The first-order valence-corrected chi connectivity index (χ1v) is 10.7. The van der Waals surface area contributed by atoms with Crippen molar-refractivity contribution in [2.24, 2.45) is 5.92 Å². The van der Waals surface area contributed by atoms with Crippen LogP contribution in [0.1, 0.15) is 48.5 Å². The maximum atomic E-state index is 12.4. The zero-order valence-electron chi connectivity index (χ0n) is 16.5. The van der Waals surface area contributed by atoms with Gasteiger partial charge in [-0.3, -0.25) is 9.69 Å². The van der Waals surface area contributed by atoms with Gasteiger partial charge >= 0.3 is 0 Å². The second-order valence-electron chi connectivity index (χ2n) is 8.43. The molecular formula is C21H29N5O2. The smallest absolute Gasteiger partial charge is 0.267 e. The molecule has 28 heavy (non-hydrogen) atoms. The molecule has 0 N–H and O–H groups in total. The molecule has 1 fully saturated rings. The Kier molecular flexibility index (Phi) is 5.03. The summed E-state index contributed by atoms with van der Waals surface area (Å²) in [6.07, 6.45) is 8.67. The molecular weight excluding hydrogens is 354 g/mol. The molecule has 1 saturated heterocycles. The number of imidazole rings is 1. The number of hydrogen-bond acceptors (Lipinski definition) is 5. The van der Waals surface area contributed by atoms with E-state index in [0.717, 1.165) is 76.5 Å². The van der Waals surface area contributed by atoms with Gasteiger partial charge in [0.05, 0.1) is 18.0 Å². The van der Waals surface area contributed by atoms with E-state index in [1.54, 1.807) is 4.68 Å². The van der Waals surface area contributed by atoms with Crippen molar-refractivity contribution in [3.05, 3.63) is 45.4 Å². The van der Waals surface area contributed by atoms with Gasteiger partial charge in [-0.1, -0.05) is 0 Å². The minimum absolute atomic E-state index is 0.0798.